The lowest BCUT2D eigenvalue weighted by Crippen LogP contribution is -2.07. The first-order valence-corrected chi connectivity index (χ1v) is 2.97. The average molecular weight is 98.2 g/mol. The molecule has 41 valence electrons. The highest BCUT2D eigenvalue weighted by atomic mass is 14.9. The first kappa shape index (κ1) is 5.10. The van der Waals surface area contributed by atoms with E-state index in [1.165, 1.54) is 13.0 Å². The summed E-state index contributed by atoms with van der Waals surface area (Å²) in [7, 11) is 0. The van der Waals surface area contributed by atoms with E-state index in [-0.39, 0.29) is 0 Å². The van der Waals surface area contributed by atoms with E-state index in [1.54, 1.807) is 0 Å². The van der Waals surface area contributed by atoms with Crippen molar-refractivity contribution in [3.05, 3.63) is 6.42 Å². The van der Waals surface area contributed by atoms with Crippen LogP contribution in [-0.4, -0.2) is 13.1 Å². The Morgan fingerprint density at radius 1 is 1.86 bits per heavy atom. The van der Waals surface area contributed by atoms with Crippen molar-refractivity contribution in [3.63, 3.8) is 0 Å². The molecular formula is C6H12N. The highest BCUT2D eigenvalue weighted by Crippen LogP contribution is 2.08. The molecule has 0 spiro atoms. The van der Waals surface area contributed by atoms with Gasteiger partial charge in [-0.1, -0.05) is 13.3 Å². The van der Waals surface area contributed by atoms with Crippen LogP contribution in [0.3, 0.4) is 0 Å². The molecule has 1 nitrogen and oxygen atoms in total. The predicted octanol–water partition coefficient (Wildman–Crippen LogP) is 0.820. The molecule has 1 N–H and O–H groups in total. The summed E-state index contributed by atoms with van der Waals surface area (Å²) in [4.78, 5) is 0. The summed E-state index contributed by atoms with van der Waals surface area (Å²) in [5, 5.41) is 3.27. The molecule has 7 heavy (non-hydrogen) atoms. The zero-order valence-electron chi connectivity index (χ0n) is 4.78. The van der Waals surface area contributed by atoms with Gasteiger partial charge in [-0.05, 0) is 25.4 Å². The lowest BCUT2D eigenvalue weighted by molar-refractivity contribution is 0.628. The van der Waals surface area contributed by atoms with Gasteiger partial charge in [0.25, 0.3) is 0 Å². The maximum Gasteiger partial charge on any atom is -0.00140 e. The molecule has 0 saturated carbocycles. The molecule has 0 aliphatic carbocycles. The normalized spacial score (nSPS) is 31.3. The van der Waals surface area contributed by atoms with Crippen molar-refractivity contribution in [1.82, 2.24) is 5.32 Å². The number of rotatable bonds is 1. The molecule has 1 fully saturated rings. The second-order valence-corrected chi connectivity index (χ2v) is 2.06. The van der Waals surface area contributed by atoms with Crippen LogP contribution in [0.1, 0.15) is 13.3 Å². The van der Waals surface area contributed by atoms with E-state index in [2.05, 4.69) is 18.7 Å². The Hall–Kier alpha value is -0.0400. The third-order valence-corrected chi connectivity index (χ3v) is 1.53. The maximum absolute atomic E-state index is 3.27. The van der Waals surface area contributed by atoms with Gasteiger partial charge < -0.3 is 5.32 Å². The summed E-state index contributed by atoms with van der Waals surface area (Å²) in [5.41, 5.74) is 0. The summed E-state index contributed by atoms with van der Waals surface area (Å²) in [6.45, 7) is 4.56. The molecule has 1 aliphatic heterocycles. The largest absolute Gasteiger partial charge is 0.316 e. The molecule has 0 bridgehead atoms. The van der Waals surface area contributed by atoms with Gasteiger partial charge in [-0.15, -0.1) is 0 Å². The van der Waals surface area contributed by atoms with Crippen LogP contribution in [0.15, 0.2) is 0 Å². The van der Waals surface area contributed by atoms with Gasteiger partial charge in [0.1, 0.15) is 0 Å². The molecule has 1 rings (SSSR count). The van der Waals surface area contributed by atoms with Gasteiger partial charge in [-0.3, -0.25) is 0 Å². The van der Waals surface area contributed by atoms with Crippen molar-refractivity contribution in [3.8, 4) is 0 Å². The monoisotopic (exact) mass is 98.1 g/mol. The van der Waals surface area contributed by atoms with E-state index in [9.17, 15) is 0 Å². The van der Waals surface area contributed by atoms with Crippen LogP contribution in [0, 0.1) is 12.3 Å². The Kier molecular flexibility index (Phi) is 1.69. The predicted molar refractivity (Wildman–Crippen MR) is 31.0 cm³/mol. The van der Waals surface area contributed by atoms with Gasteiger partial charge in [-0.2, -0.15) is 0 Å². The van der Waals surface area contributed by atoms with Gasteiger partial charge >= 0.3 is 0 Å². The maximum atomic E-state index is 3.27. The minimum Gasteiger partial charge on any atom is -0.316 e. The zero-order valence-corrected chi connectivity index (χ0v) is 4.78. The Morgan fingerprint density at radius 2 is 2.71 bits per heavy atom. The fraction of sp³-hybridized carbons (Fsp3) is 0.833. The minimum absolute atomic E-state index is 0.861. The summed E-state index contributed by atoms with van der Waals surface area (Å²) < 4.78 is 0. The van der Waals surface area contributed by atoms with Crippen molar-refractivity contribution in [1.29, 1.82) is 0 Å². The fourth-order valence-corrected chi connectivity index (χ4v) is 0.913. The standard InChI is InChI=1S/C6H12N/c1-2-6-3-4-7-5-6/h3,6-7H,2,4-5H2,1H3. The third-order valence-electron chi connectivity index (χ3n) is 1.53. The molecule has 0 amide bonds. The number of hydrogen-bond donors (Lipinski definition) is 1. The number of hydrogen-bond acceptors (Lipinski definition) is 1. The molecular weight excluding hydrogens is 86.1 g/mol. The van der Waals surface area contributed by atoms with Crippen molar-refractivity contribution < 1.29 is 0 Å². The lowest BCUT2D eigenvalue weighted by Gasteiger charge is -1.98. The van der Waals surface area contributed by atoms with Crippen LogP contribution in [0.25, 0.3) is 0 Å². The third kappa shape index (κ3) is 1.16. The average Bonchev–Trinajstić information content (AvgIpc) is 2.14. The highest BCUT2D eigenvalue weighted by Gasteiger charge is 2.10. The molecule has 0 aromatic rings. The first-order valence-electron chi connectivity index (χ1n) is 2.97. The molecule has 1 radical (unpaired) electrons. The van der Waals surface area contributed by atoms with Crippen molar-refractivity contribution in [2.75, 3.05) is 13.1 Å². The molecule has 1 unspecified atom stereocenters. The minimum atomic E-state index is 0.861. The molecule has 1 heterocycles. The van der Waals surface area contributed by atoms with Crippen LogP contribution in [0.5, 0.6) is 0 Å². The van der Waals surface area contributed by atoms with E-state index < -0.39 is 0 Å². The zero-order chi connectivity index (χ0) is 5.11. The van der Waals surface area contributed by atoms with Gasteiger partial charge in [0.2, 0.25) is 0 Å². The fourth-order valence-electron chi connectivity index (χ4n) is 0.913. The Morgan fingerprint density at radius 3 is 3.00 bits per heavy atom. The van der Waals surface area contributed by atoms with Crippen molar-refractivity contribution in [2.45, 2.75) is 13.3 Å². The Labute approximate surface area is 45.1 Å². The Bertz CT molecular complexity index is 46.1. The second kappa shape index (κ2) is 2.31. The lowest BCUT2D eigenvalue weighted by atomic mass is 10.1. The molecule has 1 heteroatoms. The van der Waals surface area contributed by atoms with E-state index in [4.69, 9.17) is 0 Å². The van der Waals surface area contributed by atoms with Crippen LogP contribution < -0.4 is 5.32 Å². The van der Waals surface area contributed by atoms with Gasteiger partial charge in [-0.25, -0.2) is 0 Å². The smallest absolute Gasteiger partial charge is 0.00140 e. The summed E-state index contributed by atoms with van der Waals surface area (Å²) >= 11 is 0. The van der Waals surface area contributed by atoms with E-state index in [0.29, 0.717) is 0 Å². The van der Waals surface area contributed by atoms with Gasteiger partial charge in [0.05, 0.1) is 0 Å². The van der Waals surface area contributed by atoms with Gasteiger partial charge in [0, 0.05) is 0 Å². The SMILES string of the molecule is CCC1[CH]CNC1. The summed E-state index contributed by atoms with van der Waals surface area (Å²) in [6.07, 6.45) is 3.65. The summed E-state index contributed by atoms with van der Waals surface area (Å²) in [6, 6.07) is 0. The Balaban J connectivity index is 2.14. The quantitative estimate of drug-likeness (QED) is 0.512. The molecule has 0 aromatic heterocycles. The molecule has 1 atom stereocenters. The van der Waals surface area contributed by atoms with Gasteiger partial charge in [0.15, 0.2) is 0 Å². The van der Waals surface area contributed by atoms with Crippen LogP contribution >= 0.6 is 0 Å². The highest BCUT2D eigenvalue weighted by molar-refractivity contribution is 4.85. The topological polar surface area (TPSA) is 12.0 Å². The van der Waals surface area contributed by atoms with Crippen LogP contribution in [0.4, 0.5) is 0 Å². The van der Waals surface area contributed by atoms with Crippen molar-refractivity contribution in [2.24, 2.45) is 5.92 Å². The summed E-state index contributed by atoms with van der Waals surface area (Å²) in [5.74, 6) is 0.861. The second-order valence-electron chi connectivity index (χ2n) is 2.06. The molecule has 1 aliphatic rings. The van der Waals surface area contributed by atoms with Crippen LogP contribution in [0.2, 0.25) is 0 Å². The number of nitrogens with one attached hydrogen (secondary N) is 1. The first-order chi connectivity index (χ1) is 3.43. The molecule has 1 saturated heterocycles. The van der Waals surface area contributed by atoms with Crippen molar-refractivity contribution >= 4 is 0 Å². The van der Waals surface area contributed by atoms with E-state index in [1.807, 2.05) is 0 Å². The molecule has 0 aromatic carbocycles. The van der Waals surface area contributed by atoms with E-state index in [0.717, 1.165) is 12.5 Å². The van der Waals surface area contributed by atoms with E-state index >= 15 is 0 Å². The van der Waals surface area contributed by atoms with Crippen LogP contribution in [-0.2, 0) is 0 Å².